The number of nitrogens with zero attached hydrogens (tertiary/aromatic N) is 4. The molecule has 1 atom stereocenters. The first-order valence-electron chi connectivity index (χ1n) is 7.14. The van der Waals surface area contributed by atoms with Crippen LogP contribution in [0.15, 0.2) is 24.5 Å². The van der Waals surface area contributed by atoms with Crippen molar-refractivity contribution in [3.05, 3.63) is 30.1 Å². The third-order valence-corrected chi connectivity index (χ3v) is 3.83. The average Bonchev–Trinajstić information content (AvgIpc) is 2.47. The second kappa shape index (κ2) is 6.81. The second-order valence-corrected chi connectivity index (χ2v) is 5.62. The van der Waals surface area contributed by atoms with Crippen molar-refractivity contribution in [3.8, 4) is 0 Å². The highest BCUT2D eigenvalue weighted by Crippen LogP contribution is 2.20. The molecule has 2 rings (SSSR count). The van der Waals surface area contributed by atoms with Gasteiger partial charge in [-0.15, -0.1) is 0 Å². The van der Waals surface area contributed by atoms with E-state index in [4.69, 9.17) is 0 Å². The van der Waals surface area contributed by atoms with Gasteiger partial charge in [0.2, 0.25) is 5.91 Å². The van der Waals surface area contributed by atoms with Crippen LogP contribution in [0.25, 0.3) is 0 Å². The molecule has 0 saturated carbocycles. The van der Waals surface area contributed by atoms with E-state index in [1.807, 2.05) is 36.2 Å². The summed E-state index contributed by atoms with van der Waals surface area (Å²) < 4.78 is 0. The average molecular weight is 276 g/mol. The Bertz CT molecular complexity index is 427. The largest absolute Gasteiger partial charge is 0.339 e. The highest BCUT2D eigenvalue weighted by atomic mass is 16.2. The van der Waals surface area contributed by atoms with E-state index >= 15 is 0 Å². The summed E-state index contributed by atoms with van der Waals surface area (Å²) >= 11 is 0. The topological polar surface area (TPSA) is 39.7 Å². The summed E-state index contributed by atoms with van der Waals surface area (Å²) in [4.78, 5) is 22.5. The lowest BCUT2D eigenvalue weighted by Crippen LogP contribution is -2.51. The van der Waals surface area contributed by atoms with Gasteiger partial charge in [0, 0.05) is 44.6 Å². The van der Waals surface area contributed by atoms with Crippen molar-refractivity contribution in [2.24, 2.45) is 0 Å². The summed E-state index contributed by atoms with van der Waals surface area (Å²) in [5, 5.41) is 0. The predicted molar refractivity (Wildman–Crippen MR) is 79.4 cm³/mol. The molecule has 1 aromatic rings. The number of amides is 1. The quantitative estimate of drug-likeness (QED) is 0.817. The van der Waals surface area contributed by atoms with Gasteiger partial charge in [-0.3, -0.25) is 14.7 Å². The predicted octanol–water partition coefficient (Wildman–Crippen LogP) is 0.848. The zero-order valence-electron chi connectivity index (χ0n) is 12.6. The Balaban J connectivity index is 1.87. The lowest BCUT2D eigenvalue weighted by Gasteiger charge is -2.38. The summed E-state index contributed by atoms with van der Waals surface area (Å²) in [7, 11) is 3.86. The Morgan fingerprint density at radius 2 is 2.05 bits per heavy atom. The number of carbonyl (C=O) groups is 1. The molecule has 0 aliphatic carbocycles. The zero-order valence-corrected chi connectivity index (χ0v) is 12.6. The lowest BCUT2D eigenvalue weighted by atomic mass is 10.1. The van der Waals surface area contributed by atoms with E-state index in [9.17, 15) is 4.79 Å². The lowest BCUT2D eigenvalue weighted by molar-refractivity contribution is -0.133. The van der Waals surface area contributed by atoms with Gasteiger partial charge in [0.25, 0.3) is 0 Å². The van der Waals surface area contributed by atoms with Gasteiger partial charge in [0.15, 0.2) is 0 Å². The molecule has 0 spiro atoms. The molecule has 1 aromatic heterocycles. The van der Waals surface area contributed by atoms with Crippen LogP contribution in [0.1, 0.15) is 18.5 Å². The van der Waals surface area contributed by atoms with Crippen LogP contribution in [-0.2, 0) is 4.79 Å². The molecule has 5 heteroatoms. The van der Waals surface area contributed by atoms with Crippen LogP contribution in [-0.4, -0.2) is 72.4 Å². The smallest absolute Gasteiger partial charge is 0.236 e. The SMILES string of the molecule is CC(c1cccnc1)N1CCN(C(=O)CN(C)C)CC1. The van der Waals surface area contributed by atoms with E-state index in [0.717, 1.165) is 26.2 Å². The summed E-state index contributed by atoms with van der Waals surface area (Å²) in [6, 6.07) is 4.44. The fraction of sp³-hybridized carbons (Fsp3) is 0.600. The third-order valence-electron chi connectivity index (χ3n) is 3.83. The summed E-state index contributed by atoms with van der Waals surface area (Å²) in [6.07, 6.45) is 3.72. The third kappa shape index (κ3) is 3.77. The Hall–Kier alpha value is -1.46. The fourth-order valence-electron chi connectivity index (χ4n) is 2.56. The molecule has 1 saturated heterocycles. The Morgan fingerprint density at radius 3 is 2.60 bits per heavy atom. The molecular weight excluding hydrogens is 252 g/mol. The molecule has 0 radical (unpaired) electrons. The van der Waals surface area contributed by atoms with Crippen molar-refractivity contribution >= 4 is 5.91 Å². The van der Waals surface area contributed by atoms with E-state index in [1.165, 1.54) is 5.56 Å². The normalized spacial score (nSPS) is 18.3. The van der Waals surface area contributed by atoms with Gasteiger partial charge in [0.05, 0.1) is 6.54 Å². The monoisotopic (exact) mass is 276 g/mol. The van der Waals surface area contributed by atoms with Crippen LogP contribution in [0.2, 0.25) is 0 Å². The van der Waals surface area contributed by atoms with Crippen molar-refractivity contribution in [2.45, 2.75) is 13.0 Å². The molecule has 1 aliphatic heterocycles. The molecule has 1 amide bonds. The first-order chi connectivity index (χ1) is 9.58. The van der Waals surface area contributed by atoms with Gasteiger partial charge >= 0.3 is 0 Å². The fourth-order valence-corrected chi connectivity index (χ4v) is 2.56. The maximum Gasteiger partial charge on any atom is 0.236 e. The highest BCUT2D eigenvalue weighted by Gasteiger charge is 2.24. The molecule has 0 aromatic carbocycles. The summed E-state index contributed by atoms with van der Waals surface area (Å²) in [5.41, 5.74) is 1.24. The minimum absolute atomic E-state index is 0.226. The number of likely N-dealkylation sites (N-methyl/N-ethyl adjacent to an activating group) is 1. The van der Waals surface area contributed by atoms with Crippen LogP contribution in [0.4, 0.5) is 0 Å². The van der Waals surface area contributed by atoms with Crippen molar-refractivity contribution in [3.63, 3.8) is 0 Å². The molecule has 0 N–H and O–H groups in total. The number of piperazine rings is 1. The Morgan fingerprint density at radius 1 is 1.35 bits per heavy atom. The first kappa shape index (κ1) is 14.9. The van der Waals surface area contributed by atoms with Crippen molar-refractivity contribution in [1.82, 2.24) is 19.7 Å². The van der Waals surface area contributed by atoms with Gasteiger partial charge in [-0.2, -0.15) is 0 Å². The molecule has 1 aliphatic rings. The van der Waals surface area contributed by atoms with Crippen LogP contribution in [0.5, 0.6) is 0 Å². The van der Waals surface area contributed by atoms with Gasteiger partial charge in [-0.1, -0.05) is 6.07 Å². The minimum Gasteiger partial charge on any atom is -0.339 e. The highest BCUT2D eigenvalue weighted by molar-refractivity contribution is 5.78. The van der Waals surface area contributed by atoms with Crippen molar-refractivity contribution in [1.29, 1.82) is 0 Å². The molecule has 1 unspecified atom stereocenters. The standard InChI is InChI=1S/C15H24N4O/c1-13(14-5-4-6-16-11-14)18-7-9-19(10-8-18)15(20)12-17(2)3/h4-6,11,13H,7-10,12H2,1-3H3. The second-order valence-electron chi connectivity index (χ2n) is 5.62. The van der Waals surface area contributed by atoms with Crippen LogP contribution in [0.3, 0.4) is 0 Å². The number of hydrogen-bond donors (Lipinski definition) is 0. The van der Waals surface area contributed by atoms with Crippen LogP contribution >= 0.6 is 0 Å². The molecule has 20 heavy (non-hydrogen) atoms. The maximum atomic E-state index is 12.0. The van der Waals surface area contributed by atoms with E-state index < -0.39 is 0 Å². The van der Waals surface area contributed by atoms with Crippen LogP contribution < -0.4 is 0 Å². The van der Waals surface area contributed by atoms with E-state index in [2.05, 4.69) is 22.9 Å². The summed E-state index contributed by atoms with van der Waals surface area (Å²) in [6.45, 7) is 6.19. The molecule has 0 bridgehead atoms. The molecule has 5 nitrogen and oxygen atoms in total. The maximum absolute atomic E-state index is 12.0. The van der Waals surface area contributed by atoms with Crippen molar-refractivity contribution in [2.75, 3.05) is 46.8 Å². The van der Waals surface area contributed by atoms with Gasteiger partial charge in [-0.05, 0) is 32.6 Å². The minimum atomic E-state index is 0.226. The van der Waals surface area contributed by atoms with Gasteiger partial charge in [-0.25, -0.2) is 0 Å². The Kier molecular flexibility index (Phi) is 5.09. The number of aromatic nitrogens is 1. The van der Waals surface area contributed by atoms with Crippen LogP contribution in [0, 0.1) is 0 Å². The van der Waals surface area contributed by atoms with Crippen molar-refractivity contribution < 1.29 is 4.79 Å². The summed E-state index contributed by atoms with van der Waals surface area (Å²) in [5.74, 6) is 0.226. The number of hydrogen-bond acceptors (Lipinski definition) is 4. The van der Waals surface area contributed by atoms with E-state index in [1.54, 1.807) is 6.20 Å². The number of pyridine rings is 1. The molecular formula is C15H24N4O. The van der Waals surface area contributed by atoms with E-state index in [0.29, 0.717) is 12.6 Å². The molecule has 1 fully saturated rings. The zero-order chi connectivity index (χ0) is 14.5. The molecule has 2 heterocycles. The van der Waals surface area contributed by atoms with E-state index in [-0.39, 0.29) is 5.91 Å². The van der Waals surface area contributed by atoms with Gasteiger partial charge in [0.1, 0.15) is 0 Å². The van der Waals surface area contributed by atoms with Gasteiger partial charge < -0.3 is 9.80 Å². The number of carbonyl (C=O) groups excluding carboxylic acids is 1. The number of rotatable bonds is 4. The Labute approximate surface area is 121 Å². The molecule has 110 valence electrons. The first-order valence-corrected chi connectivity index (χ1v) is 7.14.